The van der Waals surface area contributed by atoms with Gasteiger partial charge in [-0.2, -0.15) is 4.31 Å². The predicted octanol–water partition coefficient (Wildman–Crippen LogP) is 2.38. The summed E-state index contributed by atoms with van der Waals surface area (Å²) in [5.41, 5.74) is 0.116. The number of hydrogen-bond donors (Lipinski definition) is 1. The molecule has 0 spiro atoms. The van der Waals surface area contributed by atoms with Crippen LogP contribution in [0.5, 0.6) is 11.5 Å². The Balaban J connectivity index is 1.73. The van der Waals surface area contributed by atoms with Crippen molar-refractivity contribution in [3.05, 3.63) is 29.3 Å². The molecule has 10 nitrogen and oxygen atoms in total. The molecule has 0 radical (unpaired) electrons. The van der Waals surface area contributed by atoms with Crippen LogP contribution in [-0.4, -0.2) is 63.5 Å². The highest BCUT2D eigenvalue weighted by Gasteiger charge is 2.35. The van der Waals surface area contributed by atoms with Gasteiger partial charge < -0.3 is 19.5 Å². The van der Waals surface area contributed by atoms with Crippen LogP contribution in [0.3, 0.4) is 0 Å². The molecule has 0 bridgehead atoms. The maximum atomic E-state index is 13.3. The number of piperidine rings is 1. The van der Waals surface area contributed by atoms with Gasteiger partial charge in [0.05, 0.1) is 26.7 Å². The summed E-state index contributed by atoms with van der Waals surface area (Å²) in [5.74, 6) is -0.896. The second-order valence-electron chi connectivity index (χ2n) is 6.97. The fraction of sp³-hybridized carbons (Fsp3) is 0.450. The SMILES string of the molecule is CCOC(=O)c1csc(NC(=O)C2CCCN(S(=O)(=O)c3cc(OC)ccc3OC)C2)n1. The minimum absolute atomic E-state index is 0.0144. The number of nitrogens with zero attached hydrogens (tertiary/aromatic N) is 2. The number of carbonyl (C=O) groups excluding carboxylic acids is 2. The minimum atomic E-state index is -3.92. The summed E-state index contributed by atoms with van der Waals surface area (Å²) in [6, 6.07) is 4.55. The van der Waals surface area contributed by atoms with E-state index in [0.717, 1.165) is 11.3 Å². The van der Waals surface area contributed by atoms with E-state index in [1.54, 1.807) is 13.0 Å². The summed E-state index contributed by atoms with van der Waals surface area (Å²) in [6.45, 7) is 2.22. The maximum Gasteiger partial charge on any atom is 0.357 e. The number of esters is 1. The molecule has 2 heterocycles. The van der Waals surface area contributed by atoms with E-state index in [9.17, 15) is 18.0 Å². The van der Waals surface area contributed by atoms with Gasteiger partial charge >= 0.3 is 5.97 Å². The average Bonchev–Trinajstić information content (AvgIpc) is 3.27. The monoisotopic (exact) mass is 483 g/mol. The Labute approximate surface area is 190 Å². The molecule has 1 aliphatic heterocycles. The molecule has 1 fully saturated rings. The van der Waals surface area contributed by atoms with Crippen LogP contribution >= 0.6 is 11.3 Å². The number of carbonyl (C=O) groups is 2. The van der Waals surface area contributed by atoms with E-state index in [2.05, 4.69) is 10.3 Å². The number of amides is 1. The highest BCUT2D eigenvalue weighted by atomic mass is 32.2. The Morgan fingerprint density at radius 3 is 2.75 bits per heavy atom. The summed E-state index contributed by atoms with van der Waals surface area (Å²) in [7, 11) is -1.07. The standard InChI is InChI=1S/C20H25N3O7S2/c1-4-30-19(25)15-12-31-20(21-15)22-18(24)13-6-5-9-23(11-13)32(26,27)17-10-14(28-2)7-8-16(17)29-3/h7-8,10,12-13H,4-6,9,11H2,1-3H3,(H,21,22,24). The number of rotatable bonds is 8. The molecular formula is C20H25N3O7S2. The van der Waals surface area contributed by atoms with Gasteiger partial charge in [0.15, 0.2) is 10.8 Å². The molecule has 12 heteroatoms. The first-order valence-corrected chi connectivity index (χ1v) is 12.3. The van der Waals surface area contributed by atoms with Crippen molar-refractivity contribution in [1.82, 2.24) is 9.29 Å². The van der Waals surface area contributed by atoms with Crippen molar-refractivity contribution < 1.29 is 32.2 Å². The maximum absolute atomic E-state index is 13.3. The Hall–Kier alpha value is -2.70. The third kappa shape index (κ3) is 5.19. The van der Waals surface area contributed by atoms with Gasteiger partial charge in [-0.15, -0.1) is 11.3 Å². The third-order valence-corrected chi connectivity index (χ3v) is 7.61. The van der Waals surface area contributed by atoms with Crippen molar-refractivity contribution in [1.29, 1.82) is 0 Å². The van der Waals surface area contributed by atoms with Crippen molar-refractivity contribution in [2.75, 3.05) is 39.2 Å². The summed E-state index contributed by atoms with van der Waals surface area (Å²) >= 11 is 1.10. The van der Waals surface area contributed by atoms with Gasteiger partial charge in [0.25, 0.3) is 0 Å². The molecule has 32 heavy (non-hydrogen) atoms. The topological polar surface area (TPSA) is 124 Å². The van der Waals surface area contributed by atoms with Gasteiger partial charge in [-0.05, 0) is 31.9 Å². The van der Waals surface area contributed by atoms with E-state index >= 15 is 0 Å². The Morgan fingerprint density at radius 1 is 1.28 bits per heavy atom. The fourth-order valence-corrected chi connectivity index (χ4v) is 5.71. The molecule has 1 atom stereocenters. The zero-order valence-electron chi connectivity index (χ0n) is 18.0. The Bertz CT molecular complexity index is 1080. The van der Waals surface area contributed by atoms with E-state index in [1.165, 1.54) is 36.0 Å². The molecule has 1 N–H and O–H groups in total. The normalized spacial score (nSPS) is 16.9. The molecule has 3 rings (SSSR count). The largest absolute Gasteiger partial charge is 0.497 e. The molecule has 1 amide bonds. The Kier molecular flexibility index (Phi) is 7.69. The van der Waals surface area contributed by atoms with Crippen molar-refractivity contribution in [3.8, 4) is 11.5 Å². The molecule has 0 aliphatic carbocycles. The number of methoxy groups -OCH3 is 2. The number of benzene rings is 1. The summed E-state index contributed by atoms with van der Waals surface area (Å²) < 4.78 is 43.2. The molecule has 1 aromatic heterocycles. The first-order valence-electron chi connectivity index (χ1n) is 9.95. The van der Waals surface area contributed by atoms with Gasteiger partial charge in [0.1, 0.15) is 16.4 Å². The lowest BCUT2D eigenvalue weighted by atomic mass is 9.99. The van der Waals surface area contributed by atoms with Crippen molar-refractivity contribution in [3.63, 3.8) is 0 Å². The van der Waals surface area contributed by atoms with Crippen LogP contribution in [0.2, 0.25) is 0 Å². The number of ether oxygens (including phenoxy) is 3. The van der Waals surface area contributed by atoms with E-state index in [0.29, 0.717) is 18.6 Å². The van der Waals surface area contributed by atoms with Crippen molar-refractivity contribution in [2.45, 2.75) is 24.7 Å². The van der Waals surface area contributed by atoms with E-state index in [-0.39, 0.29) is 47.1 Å². The number of hydrogen-bond acceptors (Lipinski definition) is 9. The minimum Gasteiger partial charge on any atom is -0.497 e. The average molecular weight is 484 g/mol. The second-order valence-corrected chi connectivity index (χ2v) is 9.73. The molecule has 174 valence electrons. The molecule has 2 aromatic rings. The van der Waals surface area contributed by atoms with Gasteiger partial charge in [0.2, 0.25) is 15.9 Å². The number of anilines is 1. The van der Waals surface area contributed by atoms with Gasteiger partial charge in [-0.25, -0.2) is 18.2 Å². The highest BCUT2D eigenvalue weighted by Crippen LogP contribution is 2.33. The first-order chi connectivity index (χ1) is 15.3. The number of thiazole rings is 1. The smallest absolute Gasteiger partial charge is 0.357 e. The quantitative estimate of drug-likeness (QED) is 0.568. The van der Waals surface area contributed by atoms with Crippen molar-refractivity contribution in [2.24, 2.45) is 5.92 Å². The number of sulfonamides is 1. The zero-order chi connectivity index (χ0) is 23.3. The van der Waals surface area contributed by atoms with Crippen molar-refractivity contribution >= 4 is 38.4 Å². The van der Waals surface area contributed by atoms with E-state index in [1.807, 2.05) is 0 Å². The van der Waals surface area contributed by atoms with E-state index < -0.39 is 21.9 Å². The molecule has 1 aliphatic rings. The van der Waals surface area contributed by atoms with Crippen LogP contribution in [0, 0.1) is 5.92 Å². The lowest BCUT2D eigenvalue weighted by molar-refractivity contribution is -0.120. The lowest BCUT2D eigenvalue weighted by Gasteiger charge is -2.31. The first kappa shape index (κ1) is 24.0. The second kappa shape index (κ2) is 10.3. The van der Waals surface area contributed by atoms with Crippen LogP contribution in [-0.2, 0) is 19.6 Å². The number of nitrogens with one attached hydrogen (secondary N) is 1. The molecule has 0 saturated carbocycles. The zero-order valence-corrected chi connectivity index (χ0v) is 19.6. The molecule has 1 aromatic carbocycles. The van der Waals surface area contributed by atoms with Gasteiger partial charge in [-0.3, -0.25) is 4.79 Å². The third-order valence-electron chi connectivity index (χ3n) is 4.96. The summed E-state index contributed by atoms with van der Waals surface area (Å²) in [4.78, 5) is 28.6. The highest BCUT2D eigenvalue weighted by molar-refractivity contribution is 7.89. The Morgan fingerprint density at radius 2 is 2.06 bits per heavy atom. The predicted molar refractivity (Wildman–Crippen MR) is 118 cm³/mol. The lowest BCUT2D eigenvalue weighted by Crippen LogP contribution is -2.43. The van der Waals surface area contributed by atoms with Crippen LogP contribution in [0.25, 0.3) is 0 Å². The molecular weight excluding hydrogens is 458 g/mol. The van der Waals surface area contributed by atoms with Gasteiger partial charge in [-0.1, -0.05) is 0 Å². The van der Waals surface area contributed by atoms with Crippen LogP contribution < -0.4 is 14.8 Å². The fourth-order valence-electron chi connectivity index (χ4n) is 3.34. The van der Waals surface area contributed by atoms with Crippen LogP contribution in [0.4, 0.5) is 5.13 Å². The summed E-state index contributed by atoms with van der Waals surface area (Å²) in [5, 5.41) is 4.43. The summed E-state index contributed by atoms with van der Waals surface area (Å²) in [6.07, 6.45) is 1.05. The van der Waals surface area contributed by atoms with E-state index in [4.69, 9.17) is 14.2 Å². The molecule has 1 saturated heterocycles. The van der Waals surface area contributed by atoms with Crippen LogP contribution in [0.15, 0.2) is 28.5 Å². The van der Waals surface area contributed by atoms with Gasteiger partial charge in [0, 0.05) is 24.5 Å². The molecule has 1 unspecified atom stereocenters. The number of aromatic nitrogens is 1. The van der Waals surface area contributed by atoms with Crippen LogP contribution in [0.1, 0.15) is 30.3 Å².